The summed E-state index contributed by atoms with van der Waals surface area (Å²) < 4.78 is 0. The Hall–Kier alpha value is -2.82. The summed E-state index contributed by atoms with van der Waals surface area (Å²) in [5.41, 5.74) is 1.81. The Morgan fingerprint density at radius 2 is 1.00 bits per heavy atom. The van der Waals surface area contributed by atoms with Gasteiger partial charge >= 0.3 is 0 Å². The highest BCUT2D eigenvalue weighted by Crippen LogP contribution is 2.17. The van der Waals surface area contributed by atoms with E-state index < -0.39 is 0 Å². The number of unbranched alkanes of at least 4 members (excludes halogenated alkanes) is 14. The summed E-state index contributed by atoms with van der Waals surface area (Å²) in [6, 6.07) is 13.2. The molecule has 5 nitrogen and oxygen atoms in total. The van der Waals surface area contributed by atoms with E-state index in [1.54, 1.807) is 36.4 Å². The number of phenols is 1. The molecule has 0 radical (unpaired) electrons. The van der Waals surface area contributed by atoms with Gasteiger partial charge in [0.1, 0.15) is 5.75 Å². The van der Waals surface area contributed by atoms with Crippen LogP contribution in [-0.4, -0.2) is 16.9 Å². The standard InChI is InChI=1S/C31H46N2O3/c1-2-3-4-5-6-7-8-9-10-11-12-13-14-15-16-17-30(35)32-27-20-18-26(19-21-27)31(36)33-28-22-24-29(34)25-23-28/h18-25,34H,2-17H2,1H3,(H,32,35)(H,33,36). The number of benzene rings is 2. The van der Waals surface area contributed by atoms with Crippen molar-refractivity contribution in [2.45, 2.75) is 110 Å². The summed E-state index contributed by atoms with van der Waals surface area (Å²) in [5, 5.41) is 15.0. The van der Waals surface area contributed by atoms with Crippen molar-refractivity contribution in [2.24, 2.45) is 0 Å². The molecular formula is C31H46N2O3. The van der Waals surface area contributed by atoms with Crippen LogP contribution in [0.4, 0.5) is 11.4 Å². The quantitative estimate of drug-likeness (QED) is 0.135. The zero-order valence-electron chi connectivity index (χ0n) is 22.2. The number of aromatic hydroxyl groups is 1. The first kappa shape index (κ1) is 29.4. The third-order valence-corrected chi connectivity index (χ3v) is 6.56. The maximum atomic E-state index is 12.3. The number of nitrogens with one attached hydrogen (secondary N) is 2. The Kier molecular flexibility index (Phi) is 15.1. The Balaban J connectivity index is 1.46. The molecule has 0 saturated carbocycles. The van der Waals surface area contributed by atoms with Gasteiger partial charge in [0.15, 0.2) is 0 Å². The van der Waals surface area contributed by atoms with Crippen molar-refractivity contribution in [3.8, 4) is 5.75 Å². The molecule has 0 saturated heterocycles. The second kappa shape index (κ2) is 18.4. The Labute approximate surface area is 218 Å². The van der Waals surface area contributed by atoms with Gasteiger partial charge in [0.25, 0.3) is 5.91 Å². The van der Waals surface area contributed by atoms with Gasteiger partial charge in [-0.2, -0.15) is 0 Å². The first-order valence-corrected chi connectivity index (χ1v) is 14.1. The van der Waals surface area contributed by atoms with Crippen LogP contribution in [0.25, 0.3) is 0 Å². The van der Waals surface area contributed by atoms with Gasteiger partial charge in [-0.05, 0) is 55.0 Å². The third kappa shape index (κ3) is 13.3. The van der Waals surface area contributed by atoms with E-state index in [-0.39, 0.29) is 17.6 Å². The Morgan fingerprint density at radius 1 is 0.583 bits per heavy atom. The van der Waals surface area contributed by atoms with E-state index in [2.05, 4.69) is 17.6 Å². The van der Waals surface area contributed by atoms with Gasteiger partial charge in [0, 0.05) is 23.4 Å². The predicted molar refractivity (Wildman–Crippen MR) is 151 cm³/mol. The molecule has 3 N–H and O–H groups in total. The van der Waals surface area contributed by atoms with Crippen LogP contribution in [0.1, 0.15) is 120 Å². The van der Waals surface area contributed by atoms with Gasteiger partial charge in [-0.15, -0.1) is 0 Å². The number of phenolic OH excluding ortho intramolecular Hbond substituents is 1. The first-order valence-electron chi connectivity index (χ1n) is 14.1. The molecule has 0 aliphatic rings. The fourth-order valence-corrected chi connectivity index (χ4v) is 4.33. The van der Waals surface area contributed by atoms with E-state index >= 15 is 0 Å². The van der Waals surface area contributed by atoms with Crippen LogP contribution in [0.5, 0.6) is 5.75 Å². The van der Waals surface area contributed by atoms with Crippen molar-refractivity contribution >= 4 is 23.2 Å². The van der Waals surface area contributed by atoms with Gasteiger partial charge in [-0.3, -0.25) is 9.59 Å². The van der Waals surface area contributed by atoms with Crippen molar-refractivity contribution in [1.29, 1.82) is 0 Å². The molecule has 2 rings (SSSR count). The highest BCUT2D eigenvalue weighted by atomic mass is 16.3. The van der Waals surface area contributed by atoms with Crippen molar-refractivity contribution in [2.75, 3.05) is 10.6 Å². The van der Waals surface area contributed by atoms with Crippen molar-refractivity contribution < 1.29 is 14.7 Å². The molecule has 198 valence electrons. The minimum atomic E-state index is -0.239. The molecule has 0 aliphatic heterocycles. The van der Waals surface area contributed by atoms with Crippen LogP contribution < -0.4 is 10.6 Å². The van der Waals surface area contributed by atoms with Crippen molar-refractivity contribution in [3.05, 3.63) is 54.1 Å². The summed E-state index contributed by atoms with van der Waals surface area (Å²) >= 11 is 0. The lowest BCUT2D eigenvalue weighted by atomic mass is 10.0. The molecule has 2 aromatic carbocycles. The minimum absolute atomic E-state index is 0.0194. The Morgan fingerprint density at radius 3 is 1.50 bits per heavy atom. The first-order chi connectivity index (χ1) is 17.6. The second-order valence-corrected chi connectivity index (χ2v) is 9.83. The zero-order chi connectivity index (χ0) is 25.8. The van der Waals surface area contributed by atoms with Gasteiger partial charge in [0.2, 0.25) is 5.91 Å². The lowest BCUT2D eigenvalue weighted by Gasteiger charge is -2.08. The lowest BCUT2D eigenvalue weighted by Crippen LogP contribution is -2.13. The van der Waals surface area contributed by atoms with Gasteiger partial charge in [-0.1, -0.05) is 96.8 Å². The van der Waals surface area contributed by atoms with Crippen LogP contribution in [-0.2, 0) is 4.79 Å². The predicted octanol–water partition coefficient (Wildman–Crippen LogP) is 8.84. The molecule has 0 aromatic heterocycles. The molecule has 0 heterocycles. The molecule has 0 fully saturated rings. The van der Waals surface area contributed by atoms with Crippen LogP contribution in [0.2, 0.25) is 0 Å². The van der Waals surface area contributed by atoms with Crippen LogP contribution >= 0.6 is 0 Å². The smallest absolute Gasteiger partial charge is 0.255 e. The van der Waals surface area contributed by atoms with E-state index in [9.17, 15) is 14.7 Å². The molecule has 0 atom stereocenters. The van der Waals surface area contributed by atoms with Crippen LogP contribution in [0.15, 0.2) is 48.5 Å². The average molecular weight is 495 g/mol. The largest absolute Gasteiger partial charge is 0.508 e. The summed E-state index contributed by atoms with van der Waals surface area (Å²) in [6.07, 6.45) is 20.2. The topological polar surface area (TPSA) is 78.4 Å². The molecule has 0 aliphatic carbocycles. The number of carbonyl (C=O) groups is 2. The lowest BCUT2D eigenvalue weighted by molar-refractivity contribution is -0.116. The van der Waals surface area contributed by atoms with Crippen LogP contribution in [0.3, 0.4) is 0 Å². The maximum absolute atomic E-state index is 12.3. The minimum Gasteiger partial charge on any atom is -0.508 e. The van der Waals surface area contributed by atoms with E-state index in [0.717, 1.165) is 12.8 Å². The van der Waals surface area contributed by atoms with E-state index in [4.69, 9.17) is 0 Å². The molecule has 5 heteroatoms. The van der Waals surface area contributed by atoms with E-state index in [0.29, 0.717) is 23.4 Å². The zero-order valence-corrected chi connectivity index (χ0v) is 22.2. The number of carbonyl (C=O) groups excluding carboxylic acids is 2. The van der Waals surface area contributed by atoms with E-state index in [1.165, 1.54) is 95.6 Å². The molecule has 2 amide bonds. The summed E-state index contributed by atoms with van der Waals surface area (Å²) in [7, 11) is 0. The van der Waals surface area contributed by atoms with Crippen molar-refractivity contribution in [3.63, 3.8) is 0 Å². The van der Waals surface area contributed by atoms with Crippen LogP contribution in [0, 0.1) is 0 Å². The van der Waals surface area contributed by atoms with Gasteiger partial charge in [-0.25, -0.2) is 0 Å². The highest BCUT2D eigenvalue weighted by molar-refractivity contribution is 6.04. The fourth-order valence-electron chi connectivity index (χ4n) is 4.33. The molecule has 36 heavy (non-hydrogen) atoms. The number of anilines is 2. The normalized spacial score (nSPS) is 10.8. The third-order valence-electron chi connectivity index (χ3n) is 6.56. The number of hydrogen-bond acceptors (Lipinski definition) is 3. The summed E-state index contributed by atoms with van der Waals surface area (Å²) in [5.74, 6) is -0.0696. The maximum Gasteiger partial charge on any atom is 0.255 e. The second-order valence-electron chi connectivity index (χ2n) is 9.83. The number of rotatable bonds is 19. The molecule has 0 unspecified atom stereocenters. The molecule has 0 spiro atoms. The molecule has 2 aromatic rings. The van der Waals surface area contributed by atoms with E-state index in [1.807, 2.05) is 0 Å². The van der Waals surface area contributed by atoms with Gasteiger partial charge in [0.05, 0.1) is 0 Å². The molecular weight excluding hydrogens is 448 g/mol. The average Bonchev–Trinajstić information content (AvgIpc) is 2.88. The fraction of sp³-hybridized carbons (Fsp3) is 0.548. The highest BCUT2D eigenvalue weighted by Gasteiger charge is 2.08. The summed E-state index contributed by atoms with van der Waals surface area (Å²) in [4.78, 5) is 24.6. The number of hydrogen-bond donors (Lipinski definition) is 3. The monoisotopic (exact) mass is 494 g/mol. The summed E-state index contributed by atoms with van der Waals surface area (Å²) in [6.45, 7) is 2.27. The van der Waals surface area contributed by atoms with Crippen molar-refractivity contribution in [1.82, 2.24) is 0 Å². The SMILES string of the molecule is CCCCCCCCCCCCCCCCCC(=O)Nc1ccc(C(=O)Nc2ccc(O)cc2)cc1. The Bertz CT molecular complexity index is 862. The molecule has 0 bridgehead atoms. The number of amides is 2. The van der Waals surface area contributed by atoms with Gasteiger partial charge < -0.3 is 15.7 Å².